The maximum Gasteiger partial charge on any atom is 0.0651 e. The van der Waals surface area contributed by atoms with Crippen LogP contribution >= 0.6 is 11.3 Å². The van der Waals surface area contributed by atoms with Crippen molar-refractivity contribution < 1.29 is 0 Å². The predicted molar refractivity (Wildman–Crippen MR) is 245 cm³/mol. The summed E-state index contributed by atoms with van der Waals surface area (Å²) >= 11 is 1.90. The van der Waals surface area contributed by atoms with E-state index < -0.39 is 0 Å². The number of anilines is 3. The number of fused-ring (bicyclic) bond motifs is 5. The highest BCUT2D eigenvalue weighted by Gasteiger charge is 2.37. The fourth-order valence-corrected chi connectivity index (χ4v) is 10.3. The molecule has 0 radical (unpaired) electrons. The summed E-state index contributed by atoms with van der Waals surface area (Å²) < 4.78 is 3.83. The number of hydrogen-bond acceptors (Lipinski definition) is 2. The number of rotatable bonds is 7. The van der Waals surface area contributed by atoms with Gasteiger partial charge in [-0.3, -0.25) is 0 Å². The molecule has 3 heterocycles. The summed E-state index contributed by atoms with van der Waals surface area (Å²) in [4.78, 5) is 3.78. The molecular formula is C54H46N2S. The first kappa shape index (κ1) is 35.3. The smallest absolute Gasteiger partial charge is 0.0651 e. The van der Waals surface area contributed by atoms with E-state index >= 15 is 0 Å². The number of aryl methyl sites for hydroxylation is 3. The van der Waals surface area contributed by atoms with E-state index in [0.717, 1.165) is 12.8 Å². The van der Waals surface area contributed by atoms with Crippen LogP contribution in [-0.4, -0.2) is 4.57 Å². The number of hydrogen-bond donors (Lipinski definition) is 0. The minimum Gasteiger partial charge on any atom is -0.310 e. The van der Waals surface area contributed by atoms with Gasteiger partial charge in [0.25, 0.3) is 0 Å². The highest BCUT2D eigenvalue weighted by Crippen LogP contribution is 2.53. The number of aromatic nitrogens is 1. The average molecular weight is 755 g/mol. The Bertz CT molecular complexity index is 2960. The van der Waals surface area contributed by atoms with Gasteiger partial charge in [0.15, 0.2) is 0 Å². The Morgan fingerprint density at radius 1 is 0.491 bits per heavy atom. The third kappa shape index (κ3) is 5.75. The maximum absolute atomic E-state index is 2.49. The van der Waals surface area contributed by atoms with Crippen molar-refractivity contribution in [2.24, 2.45) is 0 Å². The summed E-state index contributed by atoms with van der Waals surface area (Å²) in [5.41, 5.74) is 20.2. The quantitative estimate of drug-likeness (QED) is 0.157. The fraction of sp³-hybridized carbons (Fsp3) is 0.148. The molecule has 0 atom stereocenters. The third-order valence-corrected chi connectivity index (χ3v) is 13.3. The van der Waals surface area contributed by atoms with Crippen molar-refractivity contribution in [3.8, 4) is 39.1 Å². The van der Waals surface area contributed by atoms with Crippen LogP contribution in [0.2, 0.25) is 0 Å². The molecule has 9 aromatic rings. The van der Waals surface area contributed by atoms with Gasteiger partial charge in [-0.15, -0.1) is 11.3 Å². The van der Waals surface area contributed by atoms with Gasteiger partial charge in [-0.1, -0.05) is 125 Å². The molecule has 57 heavy (non-hydrogen) atoms. The van der Waals surface area contributed by atoms with Crippen molar-refractivity contribution in [2.45, 2.75) is 52.9 Å². The normalized spacial score (nSPS) is 13.2. The summed E-state index contributed by atoms with van der Waals surface area (Å²) in [5, 5.41) is 1.31. The summed E-state index contributed by atoms with van der Waals surface area (Å²) in [6, 6.07) is 61.1. The molecule has 0 unspecified atom stereocenters. The molecule has 0 spiro atoms. The van der Waals surface area contributed by atoms with Crippen LogP contribution < -0.4 is 4.90 Å². The second-order valence-corrected chi connectivity index (χ2v) is 17.2. The van der Waals surface area contributed by atoms with Crippen molar-refractivity contribution in [1.82, 2.24) is 4.57 Å². The van der Waals surface area contributed by atoms with E-state index in [-0.39, 0.29) is 5.41 Å². The Morgan fingerprint density at radius 2 is 1.09 bits per heavy atom. The Labute approximate surface area is 340 Å². The van der Waals surface area contributed by atoms with E-state index in [1.807, 2.05) is 11.3 Å². The molecule has 1 aliphatic heterocycles. The number of para-hydroxylation sites is 1. The minimum atomic E-state index is -0.233. The first-order chi connectivity index (χ1) is 27.8. The van der Waals surface area contributed by atoms with Crippen LogP contribution in [0.1, 0.15) is 54.8 Å². The lowest BCUT2D eigenvalue weighted by Crippen LogP contribution is -2.30. The Kier molecular flexibility index (Phi) is 8.53. The molecule has 0 N–H and O–H groups in total. The molecule has 0 aliphatic carbocycles. The molecular weight excluding hydrogens is 709 g/mol. The van der Waals surface area contributed by atoms with Crippen molar-refractivity contribution in [3.63, 3.8) is 0 Å². The van der Waals surface area contributed by atoms with Crippen LogP contribution in [0.3, 0.4) is 0 Å². The molecule has 0 fully saturated rings. The fourth-order valence-electron chi connectivity index (χ4n) is 9.31. The van der Waals surface area contributed by atoms with Gasteiger partial charge in [-0.25, -0.2) is 0 Å². The topological polar surface area (TPSA) is 8.17 Å². The van der Waals surface area contributed by atoms with Gasteiger partial charge in [0.05, 0.1) is 27.1 Å². The molecule has 0 saturated heterocycles. The lowest BCUT2D eigenvalue weighted by molar-refractivity contribution is 0.632. The molecule has 0 bridgehead atoms. The van der Waals surface area contributed by atoms with E-state index in [2.05, 4.69) is 208 Å². The Hall–Kier alpha value is -6.16. The van der Waals surface area contributed by atoms with Crippen molar-refractivity contribution in [2.75, 3.05) is 4.90 Å². The van der Waals surface area contributed by atoms with Gasteiger partial charge in [0, 0.05) is 27.1 Å². The van der Waals surface area contributed by atoms with Gasteiger partial charge >= 0.3 is 0 Å². The molecule has 0 saturated carbocycles. The van der Waals surface area contributed by atoms with Crippen LogP contribution in [0.5, 0.6) is 0 Å². The van der Waals surface area contributed by atoms with Crippen LogP contribution in [0, 0.1) is 6.92 Å². The van der Waals surface area contributed by atoms with Crippen molar-refractivity contribution >= 4 is 49.5 Å². The first-order valence-corrected chi connectivity index (χ1v) is 21.1. The van der Waals surface area contributed by atoms with Crippen molar-refractivity contribution in [1.29, 1.82) is 0 Å². The average Bonchev–Trinajstić information content (AvgIpc) is 3.78. The largest absolute Gasteiger partial charge is 0.310 e. The standard InChI is InChI=1S/C54H46N2S/c1-6-36-16-14-15-21-44(36)45-26-25-43(31-37(45)7-2)56-49-27-22-39(32-46(49)53-52(56)30-35(3)57-53)41-24-29-51-48(34-41)54(4,5)47-33-40(38-17-10-8-11-18-38)23-28-50(47)55(51)42-19-12-9-13-20-42/h8-34H,6-7H2,1-5H3. The molecule has 0 amide bonds. The zero-order valence-electron chi connectivity index (χ0n) is 33.3. The zero-order chi connectivity index (χ0) is 38.8. The molecule has 2 nitrogen and oxygen atoms in total. The minimum absolute atomic E-state index is 0.233. The van der Waals surface area contributed by atoms with E-state index in [9.17, 15) is 0 Å². The first-order valence-electron chi connectivity index (χ1n) is 20.3. The molecule has 10 rings (SSSR count). The number of nitrogens with zero attached hydrogens (tertiary/aromatic N) is 2. The van der Waals surface area contributed by atoms with E-state index in [1.165, 1.54) is 104 Å². The number of thiophene rings is 1. The predicted octanol–water partition coefficient (Wildman–Crippen LogP) is 15.4. The Balaban J connectivity index is 1.11. The van der Waals surface area contributed by atoms with Crippen LogP contribution in [0.25, 0.3) is 60.2 Å². The summed E-state index contributed by atoms with van der Waals surface area (Å²) in [5.74, 6) is 0. The second-order valence-electron chi connectivity index (χ2n) is 16.0. The van der Waals surface area contributed by atoms with E-state index in [1.54, 1.807) is 0 Å². The lowest BCUT2D eigenvalue weighted by Gasteiger charge is -2.42. The zero-order valence-corrected chi connectivity index (χ0v) is 34.1. The molecule has 278 valence electrons. The molecule has 3 heteroatoms. The van der Waals surface area contributed by atoms with Crippen LogP contribution in [0.4, 0.5) is 17.1 Å². The van der Waals surface area contributed by atoms with Crippen LogP contribution in [0.15, 0.2) is 164 Å². The van der Waals surface area contributed by atoms with Gasteiger partial charge in [0.1, 0.15) is 0 Å². The SMILES string of the molecule is CCc1ccccc1-c1ccc(-n2c3ccc(-c4ccc5c(c4)C(C)(C)c4cc(-c6ccccc6)ccc4N5c4ccccc4)cc3c3sc(C)cc32)cc1CC. The molecule has 7 aromatic carbocycles. The monoisotopic (exact) mass is 754 g/mol. The van der Waals surface area contributed by atoms with Crippen molar-refractivity contribution in [3.05, 3.63) is 191 Å². The number of benzene rings is 7. The van der Waals surface area contributed by atoms with Gasteiger partial charge in [-0.2, -0.15) is 0 Å². The highest BCUT2D eigenvalue weighted by molar-refractivity contribution is 7.20. The van der Waals surface area contributed by atoms with Crippen LogP contribution in [-0.2, 0) is 18.3 Å². The summed E-state index contributed by atoms with van der Waals surface area (Å²) in [6.45, 7) is 11.5. The third-order valence-electron chi connectivity index (χ3n) is 12.3. The van der Waals surface area contributed by atoms with Gasteiger partial charge in [-0.05, 0) is 142 Å². The summed E-state index contributed by atoms with van der Waals surface area (Å²) in [7, 11) is 0. The molecule has 1 aliphatic rings. The highest BCUT2D eigenvalue weighted by atomic mass is 32.1. The van der Waals surface area contributed by atoms with Gasteiger partial charge < -0.3 is 9.47 Å². The second kappa shape index (κ2) is 13.8. The lowest BCUT2D eigenvalue weighted by atomic mass is 9.72. The van der Waals surface area contributed by atoms with E-state index in [0.29, 0.717) is 0 Å². The maximum atomic E-state index is 2.49. The van der Waals surface area contributed by atoms with E-state index in [4.69, 9.17) is 0 Å². The molecule has 2 aromatic heterocycles. The summed E-state index contributed by atoms with van der Waals surface area (Å²) in [6.07, 6.45) is 2.00. The van der Waals surface area contributed by atoms with Gasteiger partial charge in [0.2, 0.25) is 0 Å². The Morgan fingerprint density at radius 3 is 1.79 bits per heavy atom.